The fraction of sp³-hybridized carbons (Fsp3) is 0.895. The second-order valence-corrected chi connectivity index (χ2v) is 8.78. The number of hydrogen-bond donors (Lipinski definition) is 0. The average Bonchev–Trinajstić information content (AvgIpc) is 3.00. The van der Waals surface area contributed by atoms with E-state index in [2.05, 4.69) is 27.7 Å². The molecule has 0 amide bonds. The van der Waals surface area contributed by atoms with E-state index >= 15 is 0 Å². The topological polar surface area (TPSA) is 52.6 Å². The summed E-state index contributed by atoms with van der Waals surface area (Å²) in [6.45, 7) is 10.1. The highest BCUT2D eigenvalue weighted by Crippen LogP contribution is 2.57. The molecule has 2 aliphatic rings. The third kappa shape index (κ3) is 4.27. The van der Waals surface area contributed by atoms with E-state index in [9.17, 15) is 9.59 Å². The number of ether oxygens (including phenoxy) is 2. The minimum Gasteiger partial charge on any atom is -0.457 e. The van der Waals surface area contributed by atoms with Crippen LogP contribution in [0.4, 0.5) is 0 Å². The van der Waals surface area contributed by atoms with Crippen LogP contribution >= 0.6 is 0 Å². The summed E-state index contributed by atoms with van der Waals surface area (Å²) in [6.07, 6.45) is 6.98. The highest BCUT2D eigenvalue weighted by atomic mass is 16.6. The Hall–Kier alpha value is -1.06. The molecule has 2 rings (SSSR count). The lowest BCUT2D eigenvalue weighted by Crippen LogP contribution is -2.38. The van der Waals surface area contributed by atoms with E-state index in [1.165, 1.54) is 0 Å². The number of rotatable bonds is 6. The zero-order chi connectivity index (χ0) is 17.3. The van der Waals surface area contributed by atoms with Gasteiger partial charge in [0.15, 0.2) is 6.61 Å². The van der Waals surface area contributed by atoms with Gasteiger partial charge in [-0.3, -0.25) is 4.79 Å². The molecule has 4 heteroatoms. The van der Waals surface area contributed by atoms with Crippen LogP contribution in [-0.4, -0.2) is 24.1 Å². The van der Waals surface area contributed by atoms with E-state index in [4.69, 9.17) is 9.47 Å². The molecule has 0 aliphatic heterocycles. The summed E-state index contributed by atoms with van der Waals surface area (Å²) in [5, 5.41) is 0. The van der Waals surface area contributed by atoms with Gasteiger partial charge in [-0.15, -0.1) is 0 Å². The molecule has 23 heavy (non-hydrogen) atoms. The maximum atomic E-state index is 12.5. The summed E-state index contributed by atoms with van der Waals surface area (Å²) in [7, 11) is 0. The Kier molecular flexibility index (Phi) is 5.12. The second kappa shape index (κ2) is 6.45. The van der Waals surface area contributed by atoms with Crippen molar-refractivity contribution in [3.05, 3.63) is 0 Å². The molecule has 2 aliphatic carbocycles. The molecule has 132 valence electrons. The monoisotopic (exact) mass is 324 g/mol. The van der Waals surface area contributed by atoms with Crippen molar-refractivity contribution in [1.29, 1.82) is 0 Å². The van der Waals surface area contributed by atoms with Crippen LogP contribution in [0.25, 0.3) is 0 Å². The van der Waals surface area contributed by atoms with E-state index in [1.54, 1.807) is 0 Å². The zero-order valence-corrected chi connectivity index (χ0v) is 15.4. The summed E-state index contributed by atoms with van der Waals surface area (Å²) in [5.74, 6) is -0.837. The van der Waals surface area contributed by atoms with Crippen LogP contribution in [-0.2, 0) is 19.1 Å². The zero-order valence-electron chi connectivity index (χ0n) is 15.4. The molecule has 0 heterocycles. The predicted octanol–water partition coefficient (Wildman–Crippen LogP) is 4.26. The van der Waals surface area contributed by atoms with Crippen molar-refractivity contribution in [2.45, 2.75) is 85.2 Å². The van der Waals surface area contributed by atoms with Gasteiger partial charge in [0.05, 0.1) is 5.92 Å². The molecule has 2 fully saturated rings. The van der Waals surface area contributed by atoms with Crippen LogP contribution in [0, 0.1) is 16.7 Å². The third-order valence-electron chi connectivity index (χ3n) is 5.66. The number of esters is 2. The van der Waals surface area contributed by atoms with Gasteiger partial charge in [0.2, 0.25) is 0 Å². The minimum atomic E-state index is -0.407. The van der Waals surface area contributed by atoms with Gasteiger partial charge < -0.3 is 9.47 Å². The van der Waals surface area contributed by atoms with Crippen LogP contribution in [0.15, 0.2) is 0 Å². The first-order valence-corrected chi connectivity index (χ1v) is 9.00. The van der Waals surface area contributed by atoms with Crippen LogP contribution in [0.3, 0.4) is 0 Å². The molecule has 0 aromatic heterocycles. The molecule has 2 saturated carbocycles. The van der Waals surface area contributed by atoms with E-state index in [0.29, 0.717) is 0 Å². The Balaban J connectivity index is 1.89. The molecule has 0 N–H and O–H groups in total. The van der Waals surface area contributed by atoms with Gasteiger partial charge in [0.1, 0.15) is 5.60 Å². The van der Waals surface area contributed by atoms with Gasteiger partial charge in [-0.25, -0.2) is 4.79 Å². The lowest BCUT2D eigenvalue weighted by atomic mass is 9.72. The van der Waals surface area contributed by atoms with Crippen LogP contribution < -0.4 is 0 Å². The summed E-state index contributed by atoms with van der Waals surface area (Å²) in [6, 6.07) is 0. The van der Waals surface area contributed by atoms with Crippen molar-refractivity contribution >= 4 is 11.9 Å². The predicted molar refractivity (Wildman–Crippen MR) is 88.8 cm³/mol. The maximum Gasteiger partial charge on any atom is 0.344 e. The van der Waals surface area contributed by atoms with Gasteiger partial charge in [-0.05, 0) is 55.8 Å². The van der Waals surface area contributed by atoms with Crippen LogP contribution in [0.2, 0.25) is 0 Å². The Morgan fingerprint density at radius 1 is 1.09 bits per heavy atom. The molecule has 0 spiro atoms. The van der Waals surface area contributed by atoms with E-state index in [-0.39, 0.29) is 34.9 Å². The second-order valence-electron chi connectivity index (χ2n) is 8.78. The highest BCUT2D eigenvalue weighted by molar-refractivity contribution is 5.79. The van der Waals surface area contributed by atoms with Crippen molar-refractivity contribution < 1.29 is 19.1 Å². The van der Waals surface area contributed by atoms with Crippen LogP contribution in [0.1, 0.15) is 79.6 Å². The summed E-state index contributed by atoms with van der Waals surface area (Å²) in [5.41, 5.74) is -0.465. The van der Waals surface area contributed by atoms with E-state index in [1.807, 2.05) is 6.92 Å². The van der Waals surface area contributed by atoms with Crippen molar-refractivity contribution in [2.24, 2.45) is 16.7 Å². The van der Waals surface area contributed by atoms with Crippen molar-refractivity contribution in [3.8, 4) is 0 Å². The lowest BCUT2D eigenvalue weighted by Gasteiger charge is -2.34. The molecular weight excluding hydrogens is 292 g/mol. The van der Waals surface area contributed by atoms with Gasteiger partial charge in [0, 0.05) is 0 Å². The summed E-state index contributed by atoms with van der Waals surface area (Å²) >= 11 is 0. The van der Waals surface area contributed by atoms with E-state index < -0.39 is 5.97 Å². The molecule has 1 unspecified atom stereocenters. The number of carbonyl (C=O) groups is 2. The number of hydrogen-bond acceptors (Lipinski definition) is 4. The van der Waals surface area contributed by atoms with Crippen molar-refractivity contribution in [1.82, 2.24) is 0 Å². The fourth-order valence-electron chi connectivity index (χ4n) is 4.20. The van der Waals surface area contributed by atoms with Gasteiger partial charge in [0.25, 0.3) is 0 Å². The van der Waals surface area contributed by atoms with Gasteiger partial charge >= 0.3 is 11.9 Å². The Labute approximate surface area is 140 Å². The van der Waals surface area contributed by atoms with Gasteiger partial charge in [-0.1, -0.05) is 34.6 Å². The van der Waals surface area contributed by atoms with Crippen molar-refractivity contribution in [3.63, 3.8) is 0 Å². The average molecular weight is 324 g/mol. The summed E-state index contributed by atoms with van der Waals surface area (Å²) < 4.78 is 11.0. The lowest BCUT2D eigenvalue weighted by molar-refractivity contribution is -0.174. The minimum absolute atomic E-state index is 0.0231. The Morgan fingerprint density at radius 2 is 1.65 bits per heavy atom. The highest BCUT2D eigenvalue weighted by Gasteiger charge is 2.54. The SMILES string of the molecule is CCC1(OC(=O)COC(=O)C(C(C)(C)C)C2(C)CC2)CCCC1. The Morgan fingerprint density at radius 3 is 2.09 bits per heavy atom. The maximum absolute atomic E-state index is 12.5. The van der Waals surface area contributed by atoms with Gasteiger partial charge in [-0.2, -0.15) is 0 Å². The largest absolute Gasteiger partial charge is 0.457 e. The first kappa shape index (κ1) is 18.3. The van der Waals surface area contributed by atoms with Crippen molar-refractivity contribution in [2.75, 3.05) is 6.61 Å². The molecule has 0 aromatic carbocycles. The number of carbonyl (C=O) groups excluding carboxylic acids is 2. The quantitative estimate of drug-likeness (QED) is 0.685. The normalized spacial score (nSPS) is 23.2. The molecule has 0 saturated heterocycles. The first-order chi connectivity index (χ1) is 10.6. The smallest absolute Gasteiger partial charge is 0.344 e. The molecule has 1 atom stereocenters. The Bertz CT molecular complexity index is 445. The third-order valence-corrected chi connectivity index (χ3v) is 5.66. The first-order valence-electron chi connectivity index (χ1n) is 9.00. The summed E-state index contributed by atoms with van der Waals surface area (Å²) in [4.78, 5) is 24.6. The van der Waals surface area contributed by atoms with E-state index in [0.717, 1.165) is 44.9 Å². The molecule has 0 bridgehead atoms. The molecule has 0 aromatic rings. The molecule has 4 nitrogen and oxygen atoms in total. The molecular formula is C19H32O4. The molecule has 0 radical (unpaired) electrons. The van der Waals surface area contributed by atoms with Crippen LogP contribution in [0.5, 0.6) is 0 Å². The fourth-order valence-corrected chi connectivity index (χ4v) is 4.20. The standard InChI is InChI=1S/C19H32O4/c1-6-19(9-7-8-10-19)23-14(20)13-22-16(21)15(17(2,3)4)18(5)11-12-18/h15H,6-13H2,1-5H3.